The topological polar surface area (TPSA) is 38.8 Å². The third kappa shape index (κ3) is 4.04. The molecule has 0 amide bonds. The maximum Gasteiger partial charge on any atom is 0.162 e. The van der Waals surface area contributed by atoms with Gasteiger partial charge in [-0.05, 0) is 31.3 Å². The van der Waals surface area contributed by atoms with Crippen LogP contribution in [0.4, 0.5) is 0 Å². The number of benzene rings is 1. The van der Waals surface area contributed by atoms with Gasteiger partial charge in [-0.15, -0.1) is 0 Å². The summed E-state index contributed by atoms with van der Waals surface area (Å²) >= 11 is 0. The van der Waals surface area contributed by atoms with Crippen molar-refractivity contribution in [3.63, 3.8) is 0 Å². The number of ketones is 1. The van der Waals surface area contributed by atoms with Gasteiger partial charge in [-0.1, -0.05) is 6.92 Å². The molecule has 1 aromatic carbocycles. The Bertz CT molecular complexity index is 416. The first kappa shape index (κ1) is 14.0. The molecule has 0 bridgehead atoms. The second kappa shape index (κ2) is 6.68. The van der Waals surface area contributed by atoms with Crippen molar-refractivity contribution < 1.29 is 14.3 Å². The summed E-state index contributed by atoms with van der Waals surface area (Å²) in [6.45, 7) is 5.04. The molecule has 4 nitrogen and oxygen atoms in total. The first-order valence-corrected chi connectivity index (χ1v) is 6.75. The summed E-state index contributed by atoms with van der Waals surface area (Å²) in [5.74, 6) is 0.938. The summed E-state index contributed by atoms with van der Waals surface area (Å²) in [4.78, 5) is 13.7. The minimum Gasteiger partial charge on any atom is -0.491 e. The van der Waals surface area contributed by atoms with Crippen molar-refractivity contribution in [1.82, 2.24) is 4.90 Å². The van der Waals surface area contributed by atoms with Crippen molar-refractivity contribution >= 4 is 5.78 Å². The van der Waals surface area contributed by atoms with Crippen LogP contribution >= 0.6 is 0 Å². The molecular weight excluding hydrogens is 242 g/mol. The molecule has 0 N–H and O–H groups in total. The van der Waals surface area contributed by atoms with E-state index < -0.39 is 0 Å². The molecule has 0 spiro atoms. The molecule has 104 valence electrons. The van der Waals surface area contributed by atoms with E-state index in [0.29, 0.717) is 13.0 Å². The van der Waals surface area contributed by atoms with Crippen molar-refractivity contribution in [2.75, 3.05) is 33.4 Å². The lowest BCUT2D eigenvalue weighted by Gasteiger charge is -2.29. The SMILES string of the molecule is CCC(=O)c1ccc(OCC2CN(C)CCO2)cc1. The summed E-state index contributed by atoms with van der Waals surface area (Å²) in [5, 5.41) is 0. The Kier molecular flexibility index (Phi) is 4.93. The normalized spacial score (nSPS) is 20.2. The highest BCUT2D eigenvalue weighted by Gasteiger charge is 2.18. The summed E-state index contributed by atoms with van der Waals surface area (Å²) in [6.07, 6.45) is 0.651. The molecule has 0 saturated carbocycles. The molecule has 1 aliphatic heterocycles. The number of hydrogen-bond acceptors (Lipinski definition) is 4. The standard InChI is InChI=1S/C15H21NO3/c1-3-15(17)12-4-6-13(7-5-12)19-11-14-10-16(2)8-9-18-14/h4-7,14H,3,8-11H2,1-2H3. The van der Waals surface area contributed by atoms with E-state index in [1.54, 1.807) is 0 Å². The Morgan fingerprint density at radius 3 is 2.79 bits per heavy atom. The first-order valence-electron chi connectivity index (χ1n) is 6.75. The van der Waals surface area contributed by atoms with Crippen LogP contribution in [0.2, 0.25) is 0 Å². The second-order valence-corrected chi connectivity index (χ2v) is 4.87. The highest BCUT2D eigenvalue weighted by molar-refractivity contribution is 5.95. The summed E-state index contributed by atoms with van der Waals surface area (Å²) in [5.41, 5.74) is 0.739. The van der Waals surface area contributed by atoms with Crippen molar-refractivity contribution in [2.24, 2.45) is 0 Å². The number of ether oxygens (including phenoxy) is 2. The van der Waals surface area contributed by atoms with Crippen LogP contribution in [0.3, 0.4) is 0 Å². The van der Waals surface area contributed by atoms with Gasteiger partial charge in [0.25, 0.3) is 0 Å². The number of likely N-dealkylation sites (N-methyl/N-ethyl adjacent to an activating group) is 1. The number of carbonyl (C=O) groups is 1. The fourth-order valence-electron chi connectivity index (χ4n) is 2.10. The van der Waals surface area contributed by atoms with Crippen molar-refractivity contribution in [3.05, 3.63) is 29.8 Å². The van der Waals surface area contributed by atoms with E-state index in [1.807, 2.05) is 31.2 Å². The van der Waals surface area contributed by atoms with E-state index in [0.717, 1.165) is 31.0 Å². The van der Waals surface area contributed by atoms with Crippen LogP contribution in [0.25, 0.3) is 0 Å². The van der Waals surface area contributed by atoms with Crippen LogP contribution in [0.5, 0.6) is 5.75 Å². The van der Waals surface area contributed by atoms with Gasteiger partial charge in [0.05, 0.1) is 6.61 Å². The maximum absolute atomic E-state index is 11.5. The number of morpholine rings is 1. The lowest BCUT2D eigenvalue weighted by atomic mass is 10.1. The highest BCUT2D eigenvalue weighted by atomic mass is 16.5. The molecule has 1 aliphatic rings. The predicted octanol–water partition coefficient (Wildman–Crippen LogP) is 1.99. The zero-order valence-electron chi connectivity index (χ0n) is 11.6. The average molecular weight is 263 g/mol. The van der Waals surface area contributed by atoms with Gasteiger partial charge in [0, 0.05) is 25.1 Å². The third-order valence-electron chi connectivity index (χ3n) is 3.28. The van der Waals surface area contributed by atoms with Gasteiger partial charge in [0.15, 0.2) is 5.78 Å². The van der Waals surface area contributed by atoms with Gasteiger partial charge in [-0.3, -0.25) is 4.79 Å². The molecule has 19 heavy (non-hydrogen) atoms. The number of rotatable bonds is 5. The van der Waals surface area contributed by atoms with Crippen LogP contribution in [-0.2, 0) is 4.74 Å². The fraction of sp³-hybridized carbons (Fsp3) is 0.533. The molecule has 0 aromatic heterocycles. The Hall–Kier alpha value is -1.39. The Morgan fingerprint density at radius 1 is 1.42 bits per heavy atom. The molecule has 1 heterocycles. The molecule has 1 aromatic rings. The number of carbonyl (C=O) groups excluding carboxylic acids is 1. The smallest absolute Gasteiger partial charge is 0.162 e. The van der Waals surface area contributed by atoms with Crippen LogP contribution in [0, 0.1) is 0 Å². The summed E-state index contributed by atoms with van der Waals surface area (Å²) in [6, 6.07) is 7.31. The van der Waals surface area contributed by atoms with Crippen LogP contribution < -0.4 is 4.74 Å². The van der Waals surface area contributed by atoms with Gasteiger partial charge in [0.1, 0.15) is 18.5 Å². The Balaban J connectivity index is 1.84. The number of Topliss-reactive ketones (excluding diaryl/α,β-unsaturated/α-hetero) is 1. The predicted molar refractivity (Wildman–Crippen MR) is 73.8 cm³/mol. The Labute approximate surface area is 114 Å². The number of hydrogen-bond donors (Lipinski definition) is 0. The van der Waals surface area contributed by atoms with Crippen molar-refractivity contribution in [2.45, 2.75) is 19.4 Å². The van der Waals surface area contributed by atoms with Gasteiger partial charge in [-0.25, -0.2) is 0 Å². The quantitative estimate of drug-likeness (QED) is 0.762. The largest absolute Gasteiger partial charge is 0.491 e. The minimum absolute atomic E-state index is 0.121. The second-order valence-electron chi connectivity index (χ2n) is 4.87. The molecule has 0 radical (unpaired) electrons. The van der Waals surface area contributed by atoms with Gasteiger partial charge in [-0.2, -0.15) is 0 Å². The highest BCUT2D eigenvalue weighted by Crippen LogP contribution is 2.14. The molecule has 0 aliphatic carbocycles. The van der Waals surface area contributed by atoms with Gasteiger partial charge < -0.3 is 14.4 Å². The molecule has 1 unspecified atom stereocenters. The van der Waals surface area contributed by atoms with Crippen LogP contribution in [-0.4, -0.2) is 50.1 Å². The lowest BCUT2D eigenvalue weighted by molar-refractivity contribution is -0.0403. The maximum atomic E-state index is 11.5. The van der Waals surface area contributed by atoms with Crippen molar-refractivity contribution in [1.29, 1.82) is 0 Å². The first-order chi connectivity index (χ1) is 9.19. The van der Waals surface area contributed by atoms with E-state index in [-0.39, 0.29) is 11.9 Å². The minimum atomic E-state index is 0.121. The van der Waals surface area contributed by atoms with E-state index in [9.17, 15) is 4.79 Å². The zero-order valence-corrected chi connectivity index (χ0v) is 11.6. The Morgan fingerprint density at radius 2 is 2.16 bits per heavy atom. The molecule has 1 fully saturated rings. The third-order valence-corrected chi connectivity index (χ3v) is 3.28. The number of nitrogens with zero attached hydrogens (tertiary/aromatic N) is 1. The van der Waals surface area contributed by atoms with E-state index in [2.05, 4.69) is 11.9 Å². The molecule has 2 rings (SSSR count). The van der Waals surface area contributed by atoms with E-state index >= 15 is 0 Å². The lowest BCUT2D eigenvalue weighted by Crippen LogP contribution is -2.42. The summed E-state index contributed by atoms with van der Waals surface area (Å²) < 4.78 is 11.3. The van der Waals surface area contributed by atoms with Gasteiger partial charge >= 0.3 is 0 Å². The molecule has 1 atom stereocenters. The monoisotopic (exact) mass is 263 g/mol. The van der Waals surface area contributed by atoms with Crippen LogP contribution in [0.1, 0.15) is 23.7 Å². The van der Waals surface area contributed by atoms with Crippen LogP contribution in [0.15, 0.2) is 24.3 Å². The fourth-order valence-corrected chi connectivity index (χ4v) is 2.10. The zero-order chi connectivity index (χ0) is 13.7. The average Bonchev–Trinajstić information content (AvgIpc) is 2.45. The van der Waals surface area contributed by atoms with Crippen molar-refractivity contribution in [3.8, 4) is 5.75 Å². The molecular formula is C15H21NO3. The van der Waals surface area contributed by atoms with Gasteiger partial charge in [0.2, 0.25) is 0 Å². The summed E-state index contributed by atoms with van der Waals surface area (Å²) in [7, 11) is 2.08. The van der Waals surface area contributed by atoms with E-state index in [4.69, 9.17) is 9.47 Å². The van der Waals surface area contributed by atoms with E-state index in [1.165, 1.54) is 0 Å². The molecule has 1 saturated heterocycles. The molecule has 4 heteroatoms.